The highest BCUT2D eigenvalue weighted by atomic mass is 19.4. The maximum absolute atomic E-state index is 12.6. The summed E-state index contributed by atoms with van der Waals surface area (Å²) >= 11 is 0. The van der Waals surface area contributed by atoms with Crippen molar-refractivity contribution >= 4 is 17.6 Å². The molecule has 2 aliphatic rings. The van der Waals surface area contributed by atoms with Gasteiger partial charge in [0, 0.05) is 50.8 Å². The molecule has 148 valence electrons. The SMILES string of the molecule is O=C(Nc1ccncc1)N1CCN([C@@H]2CCCN(CC(F)(F)F)C2=O)CC1. The Morgan fingerprint density at radius 1 is 1.15 bits per heavy atom. The molecule has 2 aliphatic heterocycles. The molecule has 0 aliphatic carbocycles. The van der Waals surface area contributed by atoms with E-state index in [4.69, 9.17) is 0 Å². The third kappa shape index (κ3) is 5.09. The molecular formula is C17H22F3N5O2. The molecule has 3 amide bonds. The summed E-state index contributed by atoms with van der Waals surface area (Å²) in [5, 5.41) is 2.78. The first-order valence-corrected chi connectivity index (χ1v) is 8.89. The van der Waals surface area contributed by atoms with Gasteiger partial charge in [0.05, 0.1) is 6.04 Å². The number of aromatic nitrogens is 1. The largest absolute Gasteiger partial charge is 0.406 e. The molecule has 10 heteroatoms. The molecule has 0 radical (unpaired) electrons. The van der Waals surface area contributed by atoms with Gasteiger partial charge in [-0.05, 0) is 25.0 Å². The van der Waals surface area contributed by atoms with E-state index in [9.17, 15) is 22.8 Å². The standard InChI is InChI=1S/C17H22F3N5O2/c18-17(19,20)12-25-7-1-2-14(15(25)26)23-8-10-24(11-9-23)16(27)22-13-3-5-21-6-4-13/h3-6,14H,1-2,7-12H2,(H,21,22,27)/t14-/m1/s1. The van der Waals surface area contributed by atoms with Crippen molar-refractivity contribution in [2.24, 2.45) is 0 Å². The van der Waals surface area contributed by atoms with Crippen LogP contribution in [0.15, 0.2) is 24.5 Å². The van der Waals surface area contributed by atoms with Crippen molar-refractivity contribution in [3.05, 3.63) is 24.5 Å². The number of alkyl halides is 3. The van der Waals surface area contributed by atoms with Crippen LogP contribution in [0.3, 0.4) is 0 Å². The summed E-state index contributed by atoms with van der Waals surface area (Å²) in [6.07, 6.45) is -0.128. The molecule has 0 bridgehead atoms. The highest BCUT2D eigenvalue weighted by Crippen LogP contribution is 2.23. The Bertz CT molecular complexity index is 662. The number of amides is 3. The average molecular weight is 385 g/mol. The summed E-state index contributed by atoms with van der Waals surface area (Å²) in [7, 11) is 0. The number of rotatable bonds is 3. The number of hydrogen-bond donors (Lipinski definition) is 1. The monoisotopic (exact) mass is 385 g/mol. The molecule has 1 aromatic rings. The van der Waals surface area contributed by atoms with Crippen molar-refractivity contribution in [2.45, 2.75) is 25.1 Å². The van der Waals surface area contributed by atoms with E-state index < -0.39 is 24.7 Å². The molecule has 1 aromatic heterocycles. The van der Waals surface area contributed by atoms with Gasteiger partial charge in [0.15, 0.2) is 0 Å². The van der Waals surface area contributed by atoms with E-state index in [-0.39, 0.29) is 12.6 Å². The molecule has 0 aromatic carbocycles. The van der Waals surface area contributed by atoms with Gasteiger partial charge in [-0.1, -0.05) is 0 Å². The summed E-state index contributed by atoms with van der Waals surface area (Å²) in [5.41, 5.74) is 0.641. The first kappa shape index (κ1) is 19.4. The van der Waals surface area contributed by atoms with Crippen molar-refractivity contribution < 1.29 is 22.8 Å². The van der Waals surface area contributed by atoms with Crippen LogP contribution in [0.5, 0.6) is 0 Å². The zero-order chi connectivity index (χ0) is 19.4. The molecule has 2 saturated heterocycles. The number of carbonyl (C=O) groups is 2. The van der Waals surface area contributed by atoms with Crippen LogP contribution in [0, 0.1) is 0 Å². The number of piperidine rings is 1. The van der Waals surface area contributed by atoms with Crippen LogP contribution in [-0.4, -0.2) is 83.1 Å². The number of hydrogen-bond acceptors (Lipinski definition) is 4. The average Bonchev–Trinajstić information content (AvgIpc) is 2.63. The minimum atomic E-state index is -4.39. The van der Waals surface area contributed by atoms with Crippen LogP contribution in [0.25, 0.3) is 0 Å². The summed E-state index contributed by atoms with van der Waals surface area (Å²) in [4.78, 5) is 33.1. The van der Waals surface area contributed by atoms with Crippen LogP contribution in [0.1, 0.15) is 12.8 Å². The third-order valence-electron chi connectivity index (χ3n) is 4.85. The number of likely N-dealkylation sites (tertiary alicyclic amines) is 1. The predicted molar refractivity (Wildman–Crippen MR) is 92.1 cm³/mol. The summed E-state index contributed by atoms with van der Waals surface area (Å²) in [5.74, 6) is -0.465. The minimum absolute atomic E-state index is 0.142. The van der Waals surface area contributed by atoms with Crippen LogP contribution in [0.2, 0.25) is 0 Å². The molecule has 0 saturated carbocycles. The molecule has 27 heavy (non-hydrogen) atoms. The van der Waals surface area contributed by atoms with Crippen LogP contribution in [-0.2, 0) is 4.79 Å². The number of halogens is 3. The molecule has 2 fully saturated rings. The Balaban J connectivity index is 1.52. The Labute approximate surface area is 155 Å². The first-order chi connectivity index (χ1) is 12.8. The van der Waals surface area contributed by atoms with Gasteiger partial charge in [-0.15, -0.1) is 0 Å². The lowest BCUT2D eigenvalue weighted by Crippen LogP contribution is -2.59. The van der Waals surface area contributed by atoms with Crippen LogP contribution < -0.4 is 5.32 Å². The number of nitrogens with one attached hydrogen (secondary N) is 1. The lowest BCUT2D eigenvalue weighted by atomic mass is 10.0. The Hall–Kier alpha value is -2.36. The van der Waals surface area contributed by atoms with E-state index in [1.807, 2.05) is 4.90 Å². The van der Waals surface area contributed by atoms with E-state index in [1.165, 1.54) is 0 Å². The first-order valence-electron chi connectivity index (χ1n) is 8.89. The molecule has 0 spiro atoms. The Morgan fingerprint density at radius 3 is 2.44 bits per heavy atom. The summed E-state index contributed by atoms with van der Waals surface area (Å²) in [6.45, 7) is 0.694. The fraction of sp³-hybridized carbons (Fsp3) is 0.588. The van der Waals surface area contributed by atoms with Gasteiger partial charge in [-0.3, -0.25) is 14.7 Å². The number of anilines is 1. The second kappa shape index (κ2) is 8.12. The zero-order valence-electron chi connectivity index (χ0n) is 14.8. The maximum atomic E-state index is 12.6. The Kier molecular flexibility index (Phi) is 5.83. The van der Waals surface area contributed by atoms with Crippen LogP contribution in [0.4, 0.5) is 23.7 Å². The molecule has 3 rings (SSSR count). The Morgan fingerprint density at radius 2 is 1.81 bits per heavy atom. The van der Waals surface area contributed by atoms with Gasteiger partial charge in [-0.25, -0.2) is 4.79 Å². The number of carbonyl (C=O) groups excluding carboxylic acids is 2. The number of piperazine rings is 1. The van der Waals surface area contributed by atoms with Crippen molar-refractivity contribution in [1.29, 1.82) is 0 Å². The molecule has 7 nitrogen and oxygen atoms in total. The van der Waals surface area contributed by atoms with E-state index in [0.717, 1.165) is 4.90 Å². The smallest absolute Gasteiger partial charge is 0.332 e. The molecule has 3 heterocycles. The van der Waals surface area contributed by atoms with Gasteiger partial charge in [0.2, 0.25) is 5.91 Å². The molecular weight excluding hydrogens is 363 g/mol. The number of nitrogens with zero attached hydrogens (tertiary/aromatic N) is 4. The topological polar surface area (TPSA) is 68.8 Å². The fourth-order valence-corrected chi connectivity index (χ4v) is 3.51. The van der Waals surface area contributed by atoms with E-state index in [0.29, 0.717) is 44.7 Å². The summed E-state index contributed by atoms with van der Waals surface area (Å²) in [6, 6.07) is 2.59. The molecule has 0 unspecified atom stereocenters. The minimum Gasteiger partial charge on any atom is -0.332 e. The van der Waals surface area contributed by atoms with Gasteiger partial charge in [-0.2, -0.15) is 13.2 Å². The maximum Gasteiger partial charge on any atom is 0.406 e. The summed E-state index contributed by atoms with van der Waals surface area (Å²) < 4.78 is 37.9. The lowest BCUT2D eigenvalue weighted by Gasteiger charge is -2.42. The predicted octanol–water partition coefficient (Wildman–Crippen LogP) is 1.78. The number of pyridine rings is 1. The molecule has 1 atom stereocenters. The van der Waals surface area contributed by atoms with E-state index in [1.54, 1.807) is 29.4 Å². The van der Waals surface area contributed by atoms with Gasteiger partial charge in [0.25, 0.3) is 0 Å². The highest BCUT2D eigenvalue weighted by Gasteiger charge is 2.40. The van der Waals surface area contributed by atoms with Crippen molar-refractivity contribution in [3.63, 3.8) is 0 Å². The lowest BCUT2D eigenvalue weighted by molar-refractivity contribution is -0.168. The normalized spacial score (nSPS) is 22.0. The second-order valence-corrected chi connectivity index (χ2v) is 6.72. The third-order valence-corrected chi connectivity index (χ3v) is 4.85. The van der Waals surface area contributed by atoms with Crippen molar-refractivity contribution in [2.75, 3.05) is 44.6 Å². The van der Waals surface area contributed by atoms with Crippen molar-refractivity contribution in [1.82, 2.24) is 19.7 Å². The zero-order valence-corrected chi connectivity index (χ0v) is 14.8. The van der Waals surface area contributed by atoms with E-state index >= 15 is 0 Å². The quantitative estimate of drug-likeness (QED) is 0.861. The highest BCUT2D eigenvalue weighted by molar-refractivity contribution is 5.89. The second-order valence-electron chi connectivity index (χ2n) is 6.72. The van der Waals surface area contributed by atoms with Crippen LogP contribution >= 0.6 is 0 Å². The molecule has 1 N–H and O–H groups in total. The van der Waals surface area contributed by atoms with Gasteiger partial charge < -0.3 is 15.1 Å². The fourth-order valence-electron chi connectivity index (χ4n) is 3.51. The van der Waals surface area contributed by atoms with Gasteiger partial charge >= 0.3 is 12.2 Å². The van der Waals surface area contributed by atoms with Crippen molar-refractivity contribution in [3.8, 4) is 0 Å². The number of urea groups is 1. The van der Waals surface area contributed by atoms with Gasteiger partial charge in [0.1, 0.15) is 6.54 Å². The van der Waals surface area contributed by atoms with E-state index in [2.05, 4.69) is 10.3 Å².